The molecular formula is C17H12N4O. The van der Waals surface area contributed by atoms with E-state index in [1.54, 1.807) is 0 Å². The van der Waals surface area contributed by atoms with E-state index in [2.05, 4.69) is 15.4 Å². The molecule has 0 fully saturated rings. The van der Waals surface area contributed by atoms with Gasteiger partial charge >= 0.3 is 0 Å². The van der Waals surface area contributed by atoms with Gasteiger partial charge in [-0.3, -0.25) is 0 Å². The largest absolute Gasteiger partial charge is 0.507 e. The number of phenolic OH excluding ortho intramolecular Hbond substituents is 1. The fraction of sp³-hybridized carbons (Fsp3) is 0. The predicted molar refractivity (Wildman–Crippen MR) is 86.4 cm³/mol. The summed E-state index contributed by atoms with van der Waals surface area (Å²) in [6, 6.07) is 15.3. The Balaban J connectivity index is 2.05. The molecule has 0 spiro atoms. The number of rotatable bonds is 2. The lowest BCUT2D eigenvalue weighted by Crippen LogP contribution is -1.89. The molecule has 0 saturated carbocycles. The second-order valence-electron chi connectivity index (χ2n) is 5.08. The Morgan fingerprint density at radius 1 is 1.00 bits per heavy atom. The van der Waals surface area contributed by atoms with Crippen LogP contribution >= 0.6 is 0 Å². The lowest BCUT2D eigenvalue weighted by Gasteiger charge is -2.11. The van der Waals surface area contributed by atoms with Crippen molar-refractivity contribution < 1.29 is 5.11 Å². The summed E-state index contributed by atoms with van der Waals surface area (Å²) >= 11 is 0. The third-order valence-corrected chi connectivity index (χ3v) is 3.83. The Hall–Kier alpha value is -3.21. The van der Waals surface area contributed by atoms with Crippen LogP contribution in [0.3, 0.4) is 0 Å². The van der Waals surface area contributed by atoms with Gasteiger partial charge in [-0.15, -0.1) is 0 Å². The van der Waals surface area contributed by atoms with Gasteiger partial charge in [0.15, 0.2) is 0 Å². The van der Waals surface area contributed by atoms with E-state index >= 15 is 0 Å². The van der Waals surface area contributed by atoms with Crippen LogP contribution < -0.4 is 0 Å². The van der Waals surface area contributed by atoms with Crippen molar-refractivity contribution in [3.05, 3.63) is 54.1 Å². The Bertz CT molecular complexity index is 1020. The van der Waals surface area contributed by atoms with E-state index in [1.807, 2.05) is 48.5 Å². The van der Waals surface area contributed by atoms with Crippen molar-refractivity contribution in [3.8, 4) is 16.9 Å². The first kappa shape index (κ1) is 12.5. The number of aromatic nitrogens is 3. The summed E-state index contributed by atoms with van der Waals surface area (Å²) in [4.78, 5) is 0. The summed E-state index contributed by atoms with van der Waals surface area (Å²) in [6.45, 7) is 0. The zero-order valence-corrected chi connectivity index (χ0v) is 11.5. The van der Waals surface area contributed by atoms with Crippen LogP contribution in [0, 0.1) is 5.41 Å². The number of H-pyrrole nitrogens is 1. The monoisotopic (exact) mass is 288 g/mol. The maximum absolute atomic E-state index is 10.6. The number of aromatic hydroxyl groups is 1. The normalized spacial score (nSPS) is 11.1. The standard InChI is InChI=1S/C17H12N4O/c18-9-14-12-4-2-1-3-10(12)7-13(17(14)22)11-5-6-15-16(8-11)20-21-19-15/h1-9,18,22H,(H,19,20,21). The first-order valence-electron chi connectivity index (χ1n) is 6.84. The number of hydrogen-bond acceptors (Lipinski definition) is 4. The highest BCUT2D eigenvalue weighted by Crippen LogP contribution is 2.37. The van der Waals surface area contributed by atoms with Gasteiger partial charge in [-0.2, -0.15) is 15.4 Å². The number of benzene rings is 3. The highest BCUT2D eigenvalue weighted by Gasteiger charge is 2.13. The third kappa shape index (κ3) is 1.76. The van der Waals surface area contributed by atoms with E-state index < -0.39 is 0 Å². The minimum atomic E-state index is 0.108. The lowest BCUT2D eigenvalue weighted by atomic mass is 9.95. The SMILES string of the molecule is N=Cc1c(O)c(-c2ccc3n[nH]nc3c2)cc2ccccc12. The zero-order chi connectivity index (χ0) is 15.1. The van der Waals surface area contributed by atoms with Crippen molar-refractivity contribution in [2.75, 3.05) is 0 Å². The Morgan fingerprint density at radius 2 is 1.82 bits per heavy atom. The van der Waals surface area contributed by atoms with Crippen molar-refractivity contribution in [1.82, 2.24) is 15.4 Å². The smallest absolute Gasteiger partial charge is 0.132 e. The fourth-order valence-corrected chi connectivity index (χ4v) is 2.74. The molecule has 0 aliphatic rings. The summed E-state index contributed by atoms with van der Waals surface area (Å²) in [5, 5.41) is 30.7. The molecule has 0 amide bonds. The van der Waals surface area contributed by atoms with Gasteiger partial charge in [0.25, 0.3) is 0 Å². The van der Waals surface area contributed by atoms with Gasteiger partial charge < -0.3 is 10.5 Å². The average molecular weight is 288 g/mol. The zero-order valence-electron chi connectivity index (χ0n) is 11.5. The first-order valence-corrected chi connectivity index (χ1v) is 6.84. The van der Waals surface area contributed by atoms with Crippen molar-refractivity contribution in [1.29, 1.82) is 5.41 Å². The third-order valence-electron chi connectivity index (χ3n) is 3.83. The molecule has 0 aliphatic heterocycles. The molecule has 106 valence electrons. The molecule has 22 heavy (non-hydrogen) atoms. The van der Waals surface area contributed by atoms with Gasteiger partial charge in [-0.25, -0.2) is 0 Å². The highest BCUT2D eigenvalue weighted by atomic mass is 16.3. The summed E-state index contributed by atoms with van der Waals surface area (Å²) < 4.78 is 0. The fourth-order valence-electron chi connectivity index (χ4n) is 2.74. The number of nitrogens with zero attached hydrogens (tertiary/aromatic N) is 2. The molecule has 5 heteroatoms. The minimum Gasteiger partial charge on any atom is -0.507 e. The van der Waals surface area contributed by atoms with Crippen molar-refractivity contribution in [2.45, 2.75) is 0 Å². The Labute approximate surface area is 125 Å². The van der Waals surface area contributed by atoms with Crippen LogP contribution in [0.25, 0.3) is 32.9 Å². The number of aromatic amines is 1. The molecule has 0 saturated heterocycles. The molecule has 3 aromatic carbocycles. The number of nitrogens with one attached hydrogen (secondary N) is 2. The van der Waals surface area contributed by atoms with Gasteiger partial charge in [-0.05, 0) is 34.5 Å². The van der Waals surface area contributed by atoms with E-state index in [1.165, 1.54) is 6.21 Å². The van der Waals surface area contributed by atoms with Crippen LogP contribution in [0.4, 0.5) is 0 Å². The molecule has 4 rings (SSSR count). The van der Waals surface area contributed by atoms with Crippen LogP contribution in [-0.2, 0) is 0 Å². The van der Waals surface area contributed by atoms with Gasteiger partial charge in [0.05, 0.1) is 0 Å². The highest BCUT2D eigenvalue weighted by molar-refractivity contribution is 6.05. The molecular weight excluding hydrogens is 276 g/mol. The molecule has 4 aromatic rings. The molecule has 0 radical (unpaired) electrons. The summed E-state index contributed by atoms with van der Waals surface area (Å²) in [7, 11) is 0. The molecule has 0 unspecified atom stereocenters. The van der Waals surface area contributed by atoms with Crippen molar-refractivity contribution in [2.24, 2.45) is 0 Å². The van der Waals surface area contributed by atoms with Gasteiger partial charge in [0.1, 0.15) is 16.8 Å². The van der Waals surface area contributed by atoms with Crippen LogP contribution in [0.5, 0.6) is 5.75 Å². The van der Waals surface area contributed by atoms with Gasteiger partial charge in [-0.1, -0.05) is 30.3 Å². The second-order valence-corrected chi connectivity index (χ2v) is 5.08. The molecule has 0 aliphatic carbocycles. The van der Waals surface area contributed by atoms with E-state index in [4.69, 9.17) is 5.41 Å². The van der Waals surface area contributed by atoms with E-state index in [0.29, 0.717) is 11.1 Å². The molecule has 0 atom stereocenters. The molecule has 1 heterocycles. The van der Waals surface area contributed by atoms with Gasteiger partial charge in [0.2, 0.25) is 0 Å². The number of fused-ring (bicyclic) bond motifs is 2. The molecule has 3 N–H and O–H groups in total. The maximum Gasteiger partial charge on any atom is 0.132 e. The first-order chi connectivity index (χ1) is 10.8. The molecule has 1 aromatic heterocycles. The van der Waals surface area contributed by atoms with E-state index in [0.717, 1.165) is 27.4 Å². The lowest BCUT2D eigenvalue weighted by molar-refractivity contribution is 0.477. The Morgan fingerprint density at radius 3 is 2.68 bits per heavy atom. The van der Waals surface area contributed by atoms with Gasteiger partial charge in [0, 0.05) is 17.3 Å². The Kier molecular flexibility index (Phi) is 2.66. The predicted octanol–water partition coefficient (Wildman–Crippen LogP) is 3.48. The summed E-state index contributed by atoms with van der Waals surface area (Å²) in [5.41, 5.74) is 3.56. The molecule has 0 bridgehead atoms. The minimum absolute atomic E-state index is 0.108. The van der Waals surface area contributed by atoms with Crippen LogP contribution in [0.1, 0.15) is 5.56 Å². The topological polar surface area (TPSA) is 85.6 Å². The maximum atomic E-state index is 10.6. The van der Waals surface area contributed by atoms with Crippen molar-refractivity contribution in [3.63, 3.8) is 0 Å². The van der Waals surface area contributed by atoms with E-state index in [9.17, 15) is 5.11 Å². The van der Waals surface area contributed by atoms with Crippen LogP contribution in [0.15, 0.2) is 48.5 Å². The van der Waals surface area contributed by atoms with Crippen molar-refractivity contribution >= 4 is 28.0 Å². The molecule has 5 nitrogen and oxygen atoms in total. The quantitative estimate of drug-likeness (QED) is 0.493. The summed E-state index contributed by atoms with van der Waals surface area (Å²) in [6.07, 6.45) is 1.19. The number of phenols is 1. The summed E-state index contributed by atoms with van der Waals surface area (Å²) in [5.74, 6) is 0.108. The second kappa shape index (κ2) is 4.66. The average Bonchev–Trinajstić information content (AvgIpc) is 3.02. The van der Waals surface area contributed by atoms with E-state index in [-0.39, 0.29) is 5.75 Å². The van der Waals surface area contributed by atoms with Crippen LogP contribution in [0.2, 0.25) is 0 Å². The van der Waals surface area contributed by atoms with Crippen LogP contribution in [-0.4, -0.2) is 26.7 Å². The number of hydrogen-bond donors (Lipinski definition) is 3.